The first-order valence-corrected chi connectivity index (χ1v) is 9.98. The third-order valence-corrected chi connectivity index (χ3v) is 5.69. The Balaban J connectivity index is 1.68. The molecule has 1 atom stereocenters. The molecule has 0 radical (unpaired) electrons. The van der Waals surface area contributed by atoms with Gasteiger partial charge in [-0.2, -0.15) is 0 Å². The molecule has 0 amide bonds. The van der Waals surface area contributed by atoms with Crippen LogP contribution in [-0.4, -0.2) is 34.7 Å². The van der Waals surface area contributed by atoms with Gasteiger partial charge in [-0.25, -0.2) is 4.68 Å². The molecule has 1 aliphatic carbocycles. The van der Waals surface area contributed by atoms with Gasteiger partial charge in [0.1, 0.15) is 11.7 Å². The summed E-state index contributed by atoms with van der Waals surface area (Å²) in [6, 6.07) is 6.17. The number of nitro benzene ring substituents is 1. The van der Waals surface area contributed by atoms with E-state index in [2.05, 4.69) is 30.4 Å². The second-order valence-corrected chi connectivity index (χ2v) is 7.83. The van der Waals surface area contributed by atoms with Crippen LogP contribution in [0.3, 0.4) is 0 Å². The zero-order valence-electron chi connectivity index (χ0n) is 15.4. The van der Waals surface area contributed by atoms with Crippen molar-refractivity contribution >= 4 is 22.9 Å². The normalized spacial score (nSPS) is 16.0. The summed E-state index contributed by atoms with van der Waals surface area (Å²) < 4.78 is 5.96. The molecule has 1 fully saturated rings. The number of anilines is 1. The van der Waals surface area contributed by atoms with Crippen molar-refractivity contribution in [2.75, 3.05) is 5.32 Å². The van der Waals surface area contributed by atoms with Gasteiger partial charge >= 0.3 is 0 Å². The predicted molar refractivity (Wildman–Crippen MR) is 103 cm³/mol. The van der Waals surface area contributed by atoms with E-state index in [0.717, 1.165) is 29.1 Å². The molecule has 2 aromatic heterocycles. The molecule has 146 valence electrons. The zero-order chi connectivity index (χ0) is 19.5. The average Bonchev–Trinajstić information content (AvgIpc) is 3.36. The Kier molecular flexibility index (Phi) is 5.24. The molecule has 3 aromatic rings. The second-order valence-electron chi connectivity index (χ2n) is 6.87. The summed E-state index contributed by atoms with van der Waals surface area (Å²) in [4.78, 5) is 11.5. The molecule has 1 aromatic carbocycles. The standard InChI is InChI=1S/C17H20N8O2S/c1-11-15(19-23-28-11)16(18-12-7-9-14(10-8-12)25(26)27)17-20-21-22-24(17)13-5-3-2-4-6-13/h7-10,13,16,18H,2-6H2,1H3. The first-order chi connectivity index (χ1) is 13.6. The number of hydrogen-bond donors (Lipinski definition) is 1. The van der Waals surface area contributed by atoms with Crippen LogP contribution in [0.5, 0.6) is 0 Å². The third-order valence-electron chi connectivity index (χ3n) is 5.05. The largest absolute Gasteiger partial charge is 0.370 e. The summed E-state index contributed by atoms with van der Waals surface area (Å²) in [5.41, 5.74) is 1.53. The molecule has 0 saturated heterocycles. The Morgan fingerprint density at radius 3 is 2.61 bits per heavy atom. The lowest BCUT2D eigenvalue weighted by atomic mass is 9.95. The number of nitrogens with zero attached hydrogens (tertiary/aromatic N) is 7. The number of nitrogens with one attached hydrogen (secondary N) is 1. The molecule has 0 spiro atoms. The summed E-state index contributed by atoms with van der Waals surface area (Å²) in [6.07, 6.45) is 5.68. The van der Waals surface area contributed by atoms with E-state index in [0.29, 0.717) is 5.82 Å². The molecule has 1 saturated carbocycles. The first-order valence-electron chi connectivity index (χ1n) is 9.21. The maximum absolute atomic E-state index is 10.9. The van der Waals surface area contributed by atoms with Gasteiger partial charge in [0, 0.05) is 22.7 Å². The van der Waals surface area contributed by atoms with Crippen LogP contribution >= 0.6 is 11.5 Å². The summed E-state index contributed by atoms with van der Waals surface area (Å²) in [5, 5.41) is 31.1. The zero-order valence-corrected chi connectivity index (χ0v) is 16.2. The van der Waals surface area contributed by atoms with Crippen LogP contribution in [0.1, 0.15) is 60.6 Å². The van der Waals surface area contributed by atoms with Crippen LogP contribution in [0.4, 0.5) is 11.4 Å². The number of non-ortho nitro benzene ring substituents is 1. The van der Waals surface area contributed by atoms with Crippen molar-refractivity contribution in [3.63, 3.8) is 0 Å². The Labute approximate surface area is 165 Å². The van der Waals surface area contributed by atoms with E-state index in [9.17, 15) is 10.1 Å². The molecule has 1 aliphatic rings. The molecule has 11 heteroatoms. The van der Waals surface area contributed by atoms with Gasteiger partial charge in [0.2, 0.25) is 0 Å². The smallest absolute Gasteiger partial charge is 0.269 e. The minimum Gasteiger partial charge on any atom is -0.370 e. The number of aromatic nitrogens is 6. The van der Waals surface area contributed by atoms with E-state index in [1.807, 2.05) is 11.6 Å². The second kappa shape index (κ2) is 7.97. The van der Waals surface area contributed by atoms with Crippen molar-refractivity contribution in [2.45, 2.75) is 51.1 Å². The summed E-state index contributed by atoms with van der Waals surface area (Å²) in [6.45, 7) is 1.96. The monoisotopic (exact) mass is 400 g/mol. The van der Waals surface area contributed by atoms with Gasteiger partial charge in [-0.1, -0.05) is 23.8 Å². The molecule has 1 N–H and O–H groups in total. The van der Waals surface area contributed by atoms with Crippen LogP contribution < -0.4 is 5.32 Å². The van der Waals surface area contributed by atoms with Crippen LogP contribution in [0, 0.1) is 17.0 Å². The van der Waals surface area contributed by atoms with E-state index in [4.69, 9.17) is 0 Å². The van der Waals surface area contributed by atoms with Gasteiger partial charge in [0.15, 0.2) is 5.82 Å². The number of tetrazole rings is 1. The SMILES string of the molecule is Cc1snnc1C(Nc1ccc([N+](=O)[O-])cc1)c1nnnn1C1CCCCC1. The summed E-state index contributed by atoms with van der Waals surface area (Å²) in [7, 11) is 0. The van der Waals surface area contributed by atoms with Crippen molar-refractivity contribution in [1.82, 2.24) is 29.8 Å². The molecule has 1 unspecified atom stereocenters. The minimum absolute atomic E-state index is 0.0423. The molecule has 4 rings (SSSR count). The highest BCUT2D eigenvalue weighted by atomic mass is 32.1. The van der Waals surface area contributed by atoms with Gasteiger partial charge in [-0.3, -0.25) is 10.1 Å². The molecular formula is C17H20N8O2S. The molecule has 28 heavy (non-hydrogen) atoms. The number of nitro groups is 1. The van der Waals surface area contributed by atoms with Crippen LogP contribution in [0.25, 0.3) is 0 Å². The maximum atomic E-state index is 10.9. The van der Waals surface area contributed by atoms with Crippen LogP contribution in [-0.2, 0) is 0 Å². The van der Waals surface area contributed by atoms with Crippen molar-refractivity contribution in [1.29, 1.82) is 0 Å². The lowest BCUT2D eigenvalue weighted by molar-refractivity contribution is -0.384. The van der Waals surface area contributed by atoms with Crippen molar-refractivity contribution in [3.8, 4) is 0 Å². The van der Waals surface area contributed by atoms with Gasteiger partial charge in [-0.05, 0) is 53.9 Å². The quantitative estimate of drug-likeness (QED) is 0.493. The van der Waals surface area contributed by atoms with E-state index in [1.165, 1.54) is 42.9 Å². The fourth-order valence-electron chi connectivity index (χ4n) is 3.58. The first kappa shape index (κ1) is 18.4. The van der Waals surface area contributed by atoms with Crippen molar-refractivity contribution in [2.24, 2.45) is 0 Å². The lowest BCUT2D eigenvalue weighted by Gasteiger charge is -2.25. The van der Waals surface area contributed by atoms with Gasteiger partial charge in [0.05, 0.1) is 11.0 Å². The maximum Gasteiger partial charge on any atom is 0.269 e. The predicted octanol–water partition coefficient (Wildman–Crippen LogP) is 3.45. The van der Waals surface area contributed by atoms with Gasteiger partial charge in [-0.15, -0.1) is 10.2 Å². The highest BCUT2D eigenvalue weighted by Crippen LogP contribution is 2.33. The van der Waals surface area contributed by atoms with E-state index in [1.54, 1.807) is 12.1 Å². The number of rotatable bonds is 6. The van der Waals surface area contributed by atoms with Crippen LogP contribution in [0.2, 0.25) is 0 Å². The summed E-state index contributed by atoms with van der Waals surface area (Å²) in [5.74, 6) is 0.682. The molecule has 0 aliphatic heterocycles. The van der Waals surface area contributed by atoms with Crippen molar-refractivity contribution < 1.29 is 4.92 Å². The topological polar surface area (TPSA) is 125 Å². The number of aryl methyl sites for hydroxylation is 1. The van der Waals surface area contributed by atoms with E-state index in [-0.39, 0.29) is 11.7 Å². The van der Waals surface area contributed by atoms with Crippen LogP contribution in [0.15, 0.2) is 24.3 Å². The average molecular weight is 400 g/mol. The number of hydrogen-bond acceptors (Lipinski definition) is 9. The third kappa shape index (κ3) is 3.70. The Bertz CT molecular complexity index is 948. The van der Waals surface area contributed by atoms with E-state index < -0.39 is 11.0 Å². The molecule has 10 nitrogen and oxygen atoms in total. The Morgan fingerprint density at radius 2 is 1.96 bits per heavy atom. The Hall–Kier alpha value is -2.95. The highest BCUT2D eigenvalue weighted by molar-refractivity contribution is 7.05. The molecular weight excluding hydrogens is 380 g/mol. The molecule has 0 bridgehead atoms. The number of benzene rings is 1. The highest BCUT2D eigenvalue weighted by Gasteiger charge is 2.29. The lowest BCUT2D eigenvalue weighted by Crippen LogP contribution is -2.23. The van der Waals surface area contributed by atoms with Crippen molar-refractivity contribution in [3.05, 3.63) is 50.8 Å². The van der Waals surface area contributed by atoms with E-state index >= 15 is 0 Å². The Morgan fingerprint density at radius 1 is 1.21 bits per heavy atom. The fraction of sp³-hybridized carbons (Fsp3) is 0.471. The minimum atomic E-state index is -0.417. The van der Waals surface area contributed by atoms with Gasteiger partial charge < -0.3 is 5.32 Å². The fourth-order valence-corrected chi connectivity index (χ4v) is 4.08. The molecule has 2 heterocycles. The summed E-state index contributed by atoms with van der Waals surface area (Å²) >= 11 is 1.32. The van der Waals surface area contributed by atoms with Gasteiger partial charge in [0.25, 0.3) is 5.69 Å².